The number of rotatable bonds is 6. The summed E-state index contributed by atoms with van der Waals surface area (Å²) in [5.41, 5.74) is 4.55. The third-order valence-electron chi connectivity index (χ3n) is 6.43. The van der Waals surface area contributed by atoms with Gasteiger partial charge in [0.1, 0.15) is 5.82 Å². The maximum absolute atomic E-state index is 13.0. The number of carbonyl (C=O) groups is 1. The van der Waals surface area contributed by atoms with Crippen molar-refractivity contribution in [3.63, 3.8) is 0 Å². The van der Waals surface area contributed by atoms with Gasteiger partial charge in [-0.2, -0.15) is 0 Å². The normalized spacial score (nSPS) is 17.0. The predicted molar refractivity (Wildman–Crippen MR) is 120 cm³/mol. The Hall–Kier alpha value is -2.66. The van der Waals surface area contributed by atoms with Gasteiger partial charge in [0.25, 0.3) is 0 Å². The molecule has 1 aromatic heterocycles. The molecule has 158 valence electrons. The van der Waals surface area contributed by atoms with Gasteiger partial charge < -0.3 is 14.6 Å². The van der Waals surface area contributed by atoms with Gasteiger partial charge in [-0.25, -0.2) is 4.98 Å². The van der Waals surface area contributed by atoms with E-state index in [1.165, 1.54) is 11.1 Å². The lowest BCUT2D eigenvalue weighted by Crippen LogP contribution is -2.46. The molecule has 1 aliphatic rings. The summed E-state index contributed by atoms with van der Waals surface area (Å²) in [6.45, 7) is 8.85. The molecule has 2 heterocycles. The number of fused-ring (bicyclic) bond motifs is 1. The van der Waals surface area contributed by atoms with Crippen molar-refractivity contribution in [3.8, 4) is 0 Å². The van der Waals surface area contributed by atoms with Crippen molar-refractivity contribution < 1.29 is 9.53 Å². The highest BCUT2D eigenvalue weighted by Crippen LogP contribution is 2.34. The fraction of sp³-hybridized carbons (Fsp3) is 0.440. The third-order valence-corrected chi connectivity index (χ3v) is 6.43. The summed E-state index contributed by atoms with van der Waals surface area (Å²) < 4.78 is 7.78. The van der Waals surface area contributed by atoms with E-state index in [0.29, 0.717) is 13.1 Å². The average Bonchev–Trinajstić information content (AvgIpc) is 3.07. The third kappa shape index (κ3) is 4.12. The molecule has 0 bridgehead atoms. The van der Waals surface area contributed by atoms with Crippen LogP contribution in [0.1, 0.15) is 36.7 Å². The fourth-order valence-corrected chi connectivity index (χ4v) is 4.52. The number of imidazole rings is 1. The first kappa shape index (κ1) is 20.6. The first-order chi connectivity index (χ1) is 14.5. The SMILES string of the molecule is Cc1cccc(C2(CNC(=O)C(C)Cn3c(C)nc4ccccc43)CCOCC2)c1. The Morgan fingerprint density at radius 2 is 1.93 bits per heavy atom. The van der Waals surface area contributed by atoms with Crippen LogP contribution in [-0.2, 0) is 21.5 Å². The summed E-state index contributed by atoms with van der Waals surface area (Å²) in [5, 5.41) is 3.26. The van der Waals surface area contributed by atoms with Gasteiger partial charge in [-0.3, -0.25) is 4.79 Å². The molecule has 30 heavy (non-hydrogen) atoms. The molecule has 1 fully saturated rings. The number of aromatic nitrogens is 2. The second-order valence-corrected chi connectivity index (χ2v) is 8.64. The van der Waals surface area contributed by atoms with Crippen LogP contribution in [0.5, 0.6) is 0 Å². The standard InChI is InChI=1S/C25H31N3O2/c1-18-7-6-8-21(15-18)25(11-13-30-14-12-25)17-26-24(29)19(2)16-28-20(3)27-22-9-4-5-10-23(22)28/h4-10,15,19H,11-14,16-17H2,1-3H3,(H,26,29). The van der Waals surface area contributed by atoms with Crippen molar-refractivity contribution in [3.05, 3.63) is 65.5 Å². The fourth-order valence-electron chi connectivity index (χ4n) is 4.52. The van der Waals surface area contributed by atoms with Crippen molar-refractivity contribution in [2.75, 3.05) is 19.8 Å². The smallest absolute Gasteiger partial charge is 0.224 e. The molecule has 0 radical (unpaired) electrons. The number of aryl methyl sites for hydroxylation is 2. The van der Waals surface area contributed by atoms with E-state index in [-0.39, 0.29) is 17.2 Å². The molecule has 0 saturated carbocycles. The Labute approximate surface area is 178 Å². The number of para-hydroxylation sites is 2. The maximum Gasteiger partial charge on any atom is 0.224 e. The van der Waals surface area contributed by atoms with Crippen LogP contribution in [-0.4, -0.2) is 35.2 Å². The molecular weight excluding hydrogens is 374 g/mol. The van der Waals surface area contributed by atoms with E-state index >= 15 is 0 Å². The molecule has 1 aliphatic heterocycles. The molecule has 3 aromatic rings. The molecule has 1 saturated heterocycles. The van der Waals surface area contributed by atoms with Crippen LogP contribution in [0.3, 0.4) is 0 Å². The van der Waals surface area contributed by atoms with Gasteiger partial charge in [-0.05, 0) is 44.4 Å². The molecule has 5 heteroatoms. The highest BCUT2D eigenvalue weighted by molar-refractivity contribution is 5.79. The topological polar surface area (TPSA) is 56.2 Å². The van der Waals surface area contributed by atoms with Crippen molar-refractivity contribution in [1.82, 2.24) is 14.9 Å². The van der Waals surface area contributed by atoms with Gasteiger partial charge in [-0.15, -0.1) is 0 Å². The molecule has 1 N–H and O–H groups in total. The van der Waals surface area contributed by atoms with E-state index in [1.54, 1.807) is 0 Å². The number of benzene rings is 2. The largest absolute Gasteiger partial charge is 0.381 e. The van der Waals surface area contributed by atoms with Crippen molar-refractivity contribution in [2.45, 2.75) is 45.6 Å². The lowest BCUT2D eigenvalue weighted by molar-refractivity contribution is -0.125. The number of nitrogens with one attached hydrogen (secondary N) is 1. The Morgan fingerprint density at radius 3 is 2.70 bits per heavy atom. The molecule has 4 rings (SSSR count). The predicted octanol–water partition coefficient (Wildman–Crippen LogP) is 4.15. The van der Waals surface area contributed by atoms with Gasteiger partial charge >= 0.3 is 0 Å². The number of hydrogen-bond acceptors (Lipinski definition) is 3. The summed E-state index contributed by atoms with van der Waals surface area (Å²) in [4.78, 5) is 17.6. The minimum Gasteiger partial charge on any atom is -0.381 e. The first-order valence-electron chi connectivity index (χ1n) is 10.8. The Morgan fingerprint density at radius 1 is 1.17 bits per heavy atom. The maximum atomic E-state index is 13.0. The van der Waals surface area contributed by atoms with E-state index in [2.05, 4.69) is 52.1 Å². The van der Waals surface area contributed by atoms with Gasteiger partial charge in [0, 0.05) is 31.7 Å². The van der Waals surface area contributed by atoms with Crippen molar-refractivity contribution in [2.24, 2.45) is 5.92 Å². The second kappa shape index (κ2) is 8.60. The molecule has 1 atom stereocenters. The number of ether oxygens (including phenoxy) is 1. The lowest BCUT2D eigenvalue weighted by Gasteiger charge is -2.38. The van der Waals surface area contributed by atoms with Gasteiger partial charge in [0.2, 0.25) is 5.91 Å². The molecule has 0 aliphatic carbocycles. The van der Waals surface area contributed by atoms with Crippen LogP contribution in [0.4, 0.5) is 0 Å². The minimum atomic E-state index is -0.143. The van der Waals surface area contributed by atoms with E-state index in [4.69, 9.17) is 4.74 Å². The number of hydrogen-bond donors (Lipinski definition) is 1. The number of nitrogens with zero attached hydrogens (tertiary/aromatic N) is 2. The molecule has 2 aromatic carbocycles. The minimum absolute atomic E-state index is 0.0583. The first-order valence-corrected chi connectivity index (χ1v) is 10.8. The quantitative estimate of drug-likeness (QED) is 0.670. The second-order valence-electron chi connectivity index (χ2n) is 8.64. The van der Waals surface area contributed by atoms with Crippen LogP contribution in [0.25, 0.3) is 11.0 Å². The van der Waals surface area contributed by atoms with Crippen molar-refractivity contribution >= 4 is 16.9 Å². The lowest BCUT2D eigenvalue weighted by atomic mass is 9.73. The molecule has 0 spiro atoms. The number of amides is 1. The summed E-state index contributed by atoms with van der Waals surface area (Å²) in [6, 6.07) is 16.8. The van der Waals surface area contributed by atoms with E-state index in [9.17, 15) is 4.79 Å². The van der Waals surface area contributed by atoms with Crippen LogP contribution in [0.2, 0.25) is 0 Å². The van der Waals surface area contributed by atoms with Crippen LogP contribution >= 0.6 is 0 Å². The summed E-state index contributed by atoms with van der Waals surface area (Å²) in [6.07, 6.45) is 1.85. The monoisotopic (exact) mass is 405 g/mol. The van der Waals surface area contributed by atoms with E-state index < -0.39 is 0 Å². The van der Waals surface area contributed by atoms with Gasteiger partial charge in [-0.1, -0.05) is 48.9 Å². The van der Waals surface area contributed by atoms with Crippen LogP contribution in [0, 0.1) is 19.8 Å². The summed E-state index contributed by atoms with van der Waals surface area (Å²) >= 11 is 0. The Balaban J connectivity index is 1.47. The highest BCUT2D eigenvalue weighted by Gasteiger charge is 2.35. The molecule has 1 amide bonds. The Kier molecular flexibility index (Phi) is 5.91. The van der Waals surface area contributed by atoms with Crippen LogP contribution < -0.4 is 5.32 Å². The average molecular weight is 406 g/mol. The van der Waals surface area contributed by atoms with Gasteiger partial charge in [0.05, 0.1) is 17.0 Å². The molecule has 5 nitrogen and oxygen atoms in total. The van der Waals surface area contributed by atoms with Crippen molar-refractivity contribution in [1.29, 1.82) is 0 Å². The molecular formula is C25H31N3O2. The van der Waals surface area contributed by atoms with Crippen LogP contribution in [0.15, 0.2) is 48.5 Å². The summed E-state index contributed by atoms with van der Waals surface area (Å²) in [5.74, 6) is 0.887. The number of carbonyl (C=O) groups excluding carboxylic acids is 1. The summed E-state index contributed by atoms with van der Waals surface area (Å²) in [7, 11) is 0. The zero-order chi connectivity index (χ0) is 21.1. The van der Waals surface area contributed by atoms with Gasteiger partial charge in [0.15, 0.2) is 0 Å². The van der Waals surface area contributed by atoms with E-state index in [1.807, 2.05) is 32.0 Å². The van der Waals surface area contributed by atoms with E-state index in [0.717, 1.165) is 42.9 Å². The molecule has 1 unspecified atom stereocenters. The zero-order valence-electron chi connectivity index (χ0n) is 18.1. The Bertz CT molecular complexity index is 1030. The highest BCUT2D eigenvalue weighted by atomic mass is 16.5. The zero-order valence-corrected chi connectivity index (χ0v) is 18.1.